The molecule has 0 aromatic heterocycles. The van der Waals surface area contributed by atoms with E-state index in [0.717, 1.165) is 25.7 Å². The Bertz CT molecular complexity index is 349. The fraction of sp³-hybridized carbons (Fsp3) is 0.857. The minimum absolute atomic E-state index is 0.158. The smallest absolute Gasteiger partial charge is 0.319 e. The highest BCUT2D eigenvalue weighted by Crippen LogP contribution is 2.42. The quantitative estimate of drug-likeness (QED) is 0.758. The van der Waals surface area contributed by atoms with E-state index in [4.69, 9.17) is 0 Å². The van der Waals surface area contributed by atoms with Crippen LogP contribution in [0.1, 0.15) is 52.4 Å². The van der Waals surface area contributed by atoms with Gasteiger partial charge in [-0.2, -0.15) is 0 Å². The van der Waals surface area contributed by atoms with E-state index in [-0.39, 0.29) is 11.9 Å². The van der Waals surface area contributed by atoms with Gasteiger partial charge in [0.25, 0.3) is 0 Å². The van der Waals surface area contributed by atoms with Crippen molar-refractivity contribution in [2.45, 2.75) is 58.4 Å². The van der Waals surface area contributed by atoms with Crippen molar-refractivity contribution in [2.75, 3.05) is 0 Å². The van der Waals surface area contributed by atoms with Gasteiger partial charge in [-0.25, -0.2) is 0 Å². The second-order valence-electron chi connectivity index (χ2n) is 6.22. The van der Waals surface area contributed by atoms with E-state index in [1.807, 2.05) is 0 Å². The second kappa shape index (κ2) is 4.90. The molecule has 0 aromatic rings. The summed E-state index contributed by atoms with van der Waals surface area (Å²) in [5.41, 5.74) is -1.12. The monoisotopic (exact) mass is 253 g/mol. The summed E-state index contributed by atoms with van der Waals surface area (Å²) < 4.78 is 0. The van der Waals surface area contributed by atoms with Gasteiger partial charge < -0.3 is 10.4 Å². The molecule has 4 heteroatoms. The maximum absolute atomic E-state index is 12.2. The molecular weight excluding hydrogens is 230 g/mol. The molecule has 0 bridgehead atoms. The summed E-state index contributed by atoms with van der Waals surface area (Å²) in [6.45, 7) is 4.38. The van der Waals surface area contributed by atoms with Crippen LogP contribution in [0.5, 0.6) is 0 Å². The lowest BCUT2D eigenvalue weighted by Crippen LogP contribution is -2.55. The Morgan fingerprint density at radius 2 is 1.89 bits per heavy atom. The minimum atomic E-state index is -1.12. The van der Waals surface area contributed by atoms with E-state index in [2.05, 4.69) is 19.2 Å². The first-order chi connectivity index (χ1) is 8.45. The molecule has 3 unspecified atom stereocenters. The molecule has 2 N–H and O–H groups in total. The molecule has 1 amide bonds. The number of rotatable bonds is 3. The van der Waals surface area contributed by atoms with E-state index in [0.29, 0.717) is 24.7 Å². The van der Waals surface area contributed by atoms with E-state index in [1.54, 1.807) is 0 Å². The molecule has 2 saturated carbocycles. The maximum atomic E-state index is 12.2. The van der Waals surface area contributed by atoms with E-state index in [9.17, 15) is 14.7 Å². The van der Waals surface area contributed by atoms with Gasteiger partial charge in [0, 0.05) is 6.04 Å². The van der Waals surface area contributed by atoms with Gasteiger partial charge >= 0.3 is 5.97 Å². The minimum Gasteiger partial charge on any atom is -0.480 e. The van der Waals surface area contributed by atoms with Crippen molar-refractivity contribution in [3.8, 4) is 0 Å². The number of carboxylic acids is 1. The number of hydrogen-bond acceptors (Lipinski definition) is 2. The Balaban J connectivity index is 1.97. The van der Waals surface area contributed by atoms with Crippen molar-refractivity contribution in [2.24, 2.45) is 17.3 Å². The summed E-state index contributed by atoms with van der Waals surface area (Å²) in [4.78, 5) is 23.5. The zero-order chi connectivity index (χ0) is 13.3. The van der Waals surface area contributed by atoms with Gasteiger partial charge in [-0.15, -0.1) is 0 Å². The fourth-order valence-electron chi connectivity index (χ4n) is 3.25. The third kappa shape index (κ3) is 2.25. The van der Waals surface area contributed by atoms with Crippen molar-refractivity contribution in [1.29, 1.82) is 0 Å². The maximum Gasteiger partial charge on any atom is 0.319 e. The lowest BCUT2D eigenvalue weighted by Gasteiger charge is -2.39. The number of nitrogens with one attached hydrogen (secondary N) is 1. The first kappa shape index (κ1) is 13.4. The molecule has 18 heavy (non-hydrogen) atoms. The summed E-state index contributed by atoms with van der Waals surface area (Å²) in [6, 6.07) is 0.158. The highest BCUT2D eigenvalue weighted by molar-refractivity contribution is 6.02. The molecule has 2 aliphatic rings. The average molecular weight is 253 g/mol. The van der Waals surface area contributed by atoms with Crippen LogP contribution < -0.4 is 5.32 Å². The van der Waals surface area contributed by atoms with E-state index < -0.39 is 11.4 Å². The molecular formula is C14H23NO3. The standard InChI is InChI=1S/C14H23NO3/c1-9-4-5-11(10(2)8-9)15-12(16)14(13(17)18)6-3-7-14/h9-11H,3-8H2,1-2H3,(H,15,16)(H,17,18). The topological polar surface area (TPSA) is 66.4 Å². The van der Waals surface area contributed by atoms with Gasteiger partial charge in [-0.05, 0) is 43.9 Å². The van der Waals surface area contributed by atoms with Crippen molar-refractivity contribution in [3.63, 3.8) is 0 Å². The molecule has 0 radical (unpaired) electrons. The summed E-state index contributed by atoms with van der Waals surface area (Å²) in [7, 11) is 0. The number of carboxylic acid groups (broad SMARTS) is 1. The lowest BCUT2D eigenvalue weighted by molar-refractivity contribution is -0.162. The van der Waals surface area contributed by atoms with Crippen LogP contribution in [0.2, 0.25) is 0 Å². The van der Waals surface area contributed by atoms with Crippen molar-refractivity contribution < 1.29 is 14.7 Å². The Morgan fingerprint density at radius 3 is 2.33 bits per heavy atom. The van der Waals surface area contributed by atoms with Crippen LogP contribution in [-0.4, -0.2) is 23.0 Å². The molecule has 2 fully saturated rings. The zero-order valence-electron chi connectivity index (χ0n) is 11.2. The Hall–Kier alpha value is -1.06. The van der Waals surface area contributed by atoms with Gasteiger partial charge in [-0.1, -0.05) is 20.3 Å². The number of aliphatic carboxylic acids is 1. The van der Waals surface area contributed by atoms with Crippen LogP contribution in [0.4, 0.5) is 0 Å². The first-order valence-electron chi connectivity index (χ1n) is 7.00. The highest BCUT2D eigenvalue weighted by atomic mass is 16.4. The summed E-state index contributed by atoms with van der Waals surface area (Å²) in [6.07, 6.45) is 5.04. The van der Waals surface area contributed by atoms with Crippen LogP contribution >= 0.6 is 0 Å². The number of carbonyl (C=O) groups excluding carboxylic acids is 1. The van der Waals surface area contributed by atoms with E-state index >= 15 is 0 Å². The van der Waals surface area contributed by atoms with Crippen molar-refractivity contribution in [1.82, 2.24) is 5.32 Å². The van der Waals surface area contributed by atoms with Crippen molar-refractivity contribution in [3.05, 3.63) is 0 Å². The van der Waals surface area contributed by atoms with Gasteiger partial charge in [-0.3, -0.25) is 9.59 Å². The van der Waals surface area contributed by atoms with Crippen LogP contribution in [0, 0.1) is 17.3 Å². The van der Waals surface area contributed by atoms with Crippen LogP contribution in [-0.2, 0) is 9.59 Å². The second-order valence-corrected chi connectivity index (χ2v) is 6.22. The third-order valence-electron chi connectivity index (χ3n) is 4.80. The van der Waals surface area contributed by atoms with Crippen molar-refractivity contribution >= 4 is 11.9 Å². The predicted octanol–water partition coefficient (Wildman–Crippen LogP) is 2.18. The third-order valence-corrected chi connectivity index (χ3v) is 4.80. The first-order valence-corrected chi connectivity index (χ1v) is 7.00. The van der Waals surface area contributed by atoms with Gasteiger partial charge in [0.15, 0.2) is 0 Å². The Labute approximate surface area is 108 Å². The summed E-state index contributed by atoms with van der Waals surface area (Å²) in [5.74, 6) is -0.0513. The SMILES string of the molecule is CC1CCC(NC(=O)C2(C(=O)O)CCC2)C(C)C1. The normalized spacial score (nSPS) is 34.4. The molecule has 0 spiro atoms. The Kier molecular flexibility index (Phi) is 3.64. The van der Waals surface area contributed by atoms with Gasteiger partial charge in [0.05, 0.1) is 0 Å². The molecule has 102 valence electrons. The number of amides is 1. The molecule has 4 nitrogen and oxygen atoms in total. The molecule has 0 saturated heterocycles. The predicted molar refractivity (Wildman–Crippen MR) is 68.0 cm³/mol. The number of hydrogen-bond donors (Lipinski definition) is 2. The largest absolute Gasteiger partial charge is 0.480 e. The van der Waals surface area contributed by atoms with Gasteiger partial charge in [0.1, 0.15) is 5.41 Å². The van der Waals surface area contributed by atoms with Crippen LogP contribution in [0.25, 0.3) is 0 Å². The lowest BCUT2D eigenvalue weighted by atomic mass is 9.67. The molecule has 2 rings (SSSR count). The van der Waals surface area contributed by atoms with Crippen LogP contribution in [0.3, 0.4) is 0 Å². The summed E-state index contributed by atoms with van der Waals surface area (Å²) in [5, 5.41) is 12.2. The Morgan fingerprint density at radius 1 is 1.22 bits per heavy atom. The fourth-order valence-corrected chi connectivity index (χ4v) is 3.25. The van der Waals surface area contributed by atoms with Gasteiger partial charge in [0.2, 0.25) is 5.91 Å². The molecule has 2 aliphatic carbocycles. The number of carbonyl (C=O) groups is 2. The molecule has 3 atom stereocenters. The highest BCUT2D eigenvalue weighted by Gasteiger charge is 2.51. The molecule has 0 heterocycles. The molecule has 0 aliphatic heterocycles. The molecule has 0 aromatic carbocycles. The van der Waals surface area contributed by atoms with Crippen LogP contribution in [0.15, 0.2) is 0 Å². The zero-order valence-corrected chi connectivity index (χ0v) is 11.2. The summed E-state index contributed by atoms with van der Waals surface area (Å²) >= 11 is 0. The average Bonchev–Trinajstić information content (AvgIpc) is 2.19. The van der Waals surface area contributed by atoms with E-state index in [1.165, 1.54) is 0 Å².